The van der Waals surface area contributed by atoms with Crippen LogP contribution in [-0.2, 0) is 18.3 Å². The number of ether oxygens (including phenoxy) is 2. The lowest BCUT2D eigenvalue weighted by Gasteiger charge is -2.26. The zero-order valence-electron chi connectivity index (χ0n) is 32.7. The van der Waals surface area contributed by atoms with Crippen LogP contribution in [0.2, 0.25) is 0 Å². The number of rotatable bonds is 28. The van der Waals surface area contributed by atoms with E-state index >= 15 is 0 Å². The van der Waals surface area contributed by atoms with Gasteiger partial charge in [0.1, 0.15) is 66.4 Å². The van der Waals surface area contributed by atoms with Crippen molar-refractivity contribution in [2.75, 3.05) is 18.9 Å². The van der Waals surface area contributed by atoms with Crippen molar-refractivity contribution >= 4 is 19.2 Å². The minimum absolute atomic E-state index is 0.172. The number of phosphoric acid groups is 1. The molecular formula is C40H60N7O8P. The molecule has 3 aromatic rings. The number of pyridine rings is 1. The fourth-order valence-electron chi connectivity index (χ4n) is 7.03. The summed E-state index contributed by atoms with van der Waals surface area (Å²) in [6.07, 6.45) is 20.4. The van der Waals surface area contributed by atoms with Crippen LogP contribution in [0.15, 0.2) is 36.8 Å². The number of aromatic nitrogens is 4. The van der Waals surface area contributed by atoms with Crippen molar-refractivity contribution < 1.29 is 38.2 Å². The molecule has 1 fully saturated rings. The zero-order chi connectivity index (χ0) is 40.2. The Hall–Kier alpha value is -3.66. The molecule has 3 aromatic heterocycles. The summed E-state index contributed by atoms with van der Waals surface area (Å²) in [7, 11) is -4.83. The standard InChI is InChI=1S/C40H60N7O8P/c1-2-3-4-5-6-7-8-9-10-11-12-13-14-15-16-17-18-19-20-33(54-32-22-21-31(25-41)44-26-32)27-52-56(50,51)53-29-40(28-42)38(49)36(48)37(55-40)34-23-24-35-39(43)45-30-46-47(34)35/h21-24,26,30,33,36-38,48-49H,2-20,27,29H2,1H3,(H,50,51)(H2,43,45,46)/t33-,36+,37+,38+,40-/m1/s1. The third-order valence-electron chi connectivity index (χ3n) is 10.3. The largest absolute Gasteiger partial charge is 0.486 e. The monoisotopic (exact) mass is 797 g/mol. The van der Waals surface area contributed by atoms with Gasteiger partial charge in [-0.25, -0.2) is 19.0 Å². The number of nitrogens with two attached hydrogens (primary N) is 1. The molecule has 1 saturated heterocycles. The van der Waals surface area contributed by atoms with Crippen molar-refractivity contribution in [3.05, 3.63) is 48.2 Å². The number of aliphatic hydroxyl groups excluding tert-OH is 2. The van der Waals surface area contributed by atoms with Gasteiger partial charge in [-0.3, -0.25) is 9.05 Å². The number of hydrogen-bond acceptors (Lipinski definition) is 13. The molecule has 1 aliphatic rings. The summed E-state index contributed by atoms with van der Waals surface area (Å²) < 4.78 is 36.8. The number of nitrogens with zero attached hydrogens (tertiary/aromatic N) is 6. The number of nitriles is 2. The van der Waals surface area contributed by atoms with E-state index in [0.717, 1.165) is 25.7 Å². The van der Waals surface area contributed by atoms with Gasteiger partial charge in [-0.15, -0.1) is 0 Å². The van der Waals surface area contributed by atoms with Crippen LogP contribution in [0.5, 0.6) is 5.75 Å². The number of phosphoric ester groups is 1. The van der Waals surface area contributed by atoms with Crippen LogP contribution in [-0.4, -0.2) is 71.8 Å². The number of aliphatic hydroxyl groups is 2. The maximum Gasteiger partial charge on any atom is 0.472 e. The summed E-state index contributed by atoms with van der Waals surface area (Å²) in [5.74, 6) is 0.537. The van der Waals surface area contributed by atoms with E-state index in [2.05, 4.69) is 22.0 Å². The number of hydrogen-bond donors (Lipinski definition) is 4. The van der Waals surface area contributed by atoms with E-state index in [1.54, 1.807) is 24.3 Å². The maximum atomic E-state index is 13.1. The van der Waals surface area contributed by atoms with Gasteiger partial charge in [0.15, 0.2) is 5.82 Å². The molecule has 6 atom stereocenters. The van der Waals surface area contributed by atoms with Crippen LogP contribution in [0.25, 0.3) is 5.52 Å². The minimum atomic E-state index is -4.83. The molecule has 5 N–H and O–H groups in total. The fourth-order valence-corrected chi connectivity index (χ4v) is 7.81. The normalized spacial score (nSPS) is 21.1. The Morgan fingerprint density at radius 1 is 0.893 bits per heavy atom. The summed E-state index contributed by atoms with van der Waals surface area (Å²) in [6, 6.07) is 10.0. The van der Waals surface area contributed by atoms with E-state index in [9.17, 15) is 24.9 Å². The lowest BCUT2D eigenvalue weighted by molar-refractivity contribution is -0.0750. The summed E-state index contributed by atoms with van der Waals surface area (Å²) in [4.78, 5) is 18.6. The Morgan fingerprint density at radius 2 is 1.50 bits per heavy atom. The minimum Gasteiger partial charge on any atom is -0.486 e. The first kappa shape index (κ1) is 45.0. The van der Waals surface area contributed by atoms with Crippen LogP contribution >= 0.6 is 7.82 Å². The van der Waals surface area contributed by atoms with Crippen molar-refractivity contribution in [3.63, 3.8) is 0 Å². The topological polar surface area (TPSA) is 231 Å². The first-order valence-electron chi connectivity index (χ1n) is 20.3. The molecule has 4 heterocycles. The average Bonchev–Trinajstić information content (AvgIpc) is 3.74. The average molecular weight is 798 g/mol. The number of nitrogen functional groups attached to an aromatic ring is 1. The summed E-state index contributed by atoms with van der Waals surface area (Å²) in [5, 5.41) is 45.0. The quantitative estimate of drug-likeness (QED) is 0.0408. The molecule has 0 amide bonds. The summed E-state index contributed by atoms with van der Waals surface area (Å²) >= 11 is 0. The van der Waals surface area contributed by atoms with Gasteiger partial charge >= 0.3 is 7.82 Å². The Kier molecular flexibility index (Phi) is 18.9. The second-order valence-corrected chi connectivity index (χ2v) is 16.2. The molecule has 308 valence electrons. The third kappa shape index (κ3) is 13.8. The smallest absolute Gasteiger partial charge is 0.472 e. The number of fused-ring (bicyclic) bond motifs is 1. The molecule has 0 aliphatic carbocycles. The third-order valence-corrected chi connectivity index (χ3v) is 11.3. The molecule has 0 spiro atoms. The molecule has 4 rings (SSSR count). The van der Waals surface area contributed by atoms with E-state index < -0.39 is 44.4 Å². The van der Waals surface area contributed by atoms with Crippen molar-refractivity contribution in [3.8, 4) is 17.9 Å². The van der Waals surface area contributed by atoms with Gasteiger partial charge < -0.3 is 30.3 Å². The van der Waals surface area contributed by atoms with Gasteiger partial charge in [0.2, 0.25) is 5.60 Å². The van der Waals surface area contributed by atoms with E-state index in [-0.39, 0.29) is 23.8 Å². The van der Waals surface area contributed by atoms with Crippen LogP contribution < -0.4 is 10.5 Å². The molecule has 0 saturated carbocycles. The number of anilines is 1. The van der Waals surface area contributed by atoms with Gasteiger partial charge in [-0.05, 0) is 37.1 Å². The van der Waals surface area contributed by atoms with Crippen LogP contribution in [0, 0.1) is 22.7 Å². The summed E-state index contributed by atoms with van der Waals surface area (Å²) in [6.45, 7) is 1.03. The van der Waals surface area contributed by atoms with Crippen molar-refractivity contribution in [1.29, 1.82) is 10.5 Å². The Balaban J connectivity index is 1.19. The van der Waals surface area contributed by atoms with Gasteiger partial charge in [-0.1, -0.05) is 116 Å². The zero-order valence-corrected chi connectivity index (χ0v) is 33.6. The second-order valence-electron chi connectivity index (χ2n) is 14.7. The van der Waals surface area contributed by atoms with Crippen LogP contribution in [0.1, 0.15) is 146 Å². The first-order valence-corrected chi connectivity index (χ1v) is 21.8. The SMILES string of the molecule is CCCCCCCCCCCCCCCCCCCC[C@H](COP(=O)(O)OC[C@@]1(C#N)O[C@@H](c2ccc3c(N)ncnn23)[C@H](O)[C@@H]1O)Oc1ccc(C#N)nc1. The molecule has 15 nitrogen and oxygen atoms in total. The summed E-state index contributed by atoms with van der Waals surface area (Å²) in [5.41, 5.74) is 4.61. The molecule has 1 aliphatic heterocycles. The lowest BCUT2D eigenvalue weighted by Crippen LogP contribution is -2.45. The second kappa shape index (κ2) is 23.5. The van der Waals surface area contributed by atoms with Gasteiger partial charge in [0, 0.05) is 0 Å². The van der Waals surface area contributed by atoms with E-state index in [1.165, 1.54) is 113 Å². The lowest BCUT2D eigenvalue weighted by atomic mass is 9.96. The van der Waals surface area contributed by atoms with Crippen LogP contribution in [0.3, 0.4) is 0 Å². The van der Waals surface area contributed by atoms with Crippen molar-refractivity contribution in [1.82, 2.24) is 19.6 Å². The van der Waals surface area contributed by atoms with Gasteiger partial charge in [0.05, 0.1) is 18.5 Å². The van der Waals surface area contributed by atoms with E-state index in [0.29, 0.717) is 17.7 Å². The Morgan fingerprint density at radius 3 is 2.05 bits per heavy atom. The molecule has 56 heavy (non-hydrogen) atoms. The maximum absolute atomic E-state index is 13.1. The Bertz CT molecular complexity index is 1730. The molecule has 0 aromatic carbocycles. The predicted molar refractivity (Wildman–Crippen MR) is 210 cm³/mol. The van der Waals surface area contributed by atoms with Crippen molar-refractivity contribution in [2.45, 2.75) is 159 Å². The van der Waals surface area contributed by atoms with Gasteiger partial charge in [-0.2, -0.15) is 15.6 Å². The van der Waals surface area contributed by atoms with Crippen LogP contribution in [0.4, 0.5) is 5.82 Å². The highest BCUT2D eigenvalue weighted by molar-refractivity contribution is 7.47. The highest BCUT2D eigenvalue weighted by atomic mass is 31.2. The highest BCUT2D eigenvalue weighted by Crippen LogP contribution is 2.48. The Labute approximate surface area is 330 Å². The van der Waals surface area contributed by atoms with E-state index in [1.807, 2.05) is 6.07 Å². The molecule has 0 bridgehead atoms. The predicted octanol–water partition coefficient (Wildman–Crippen LogP) is 7.65. The van der Waals surface area contributed by atoms with E-state index in [4.69, 9.17) is 29.5 Å². The molecular weight excluding hydrogens is 737 g/mol. The molecule has 16 heteroatoms. The number of unbranched alkanes of at least 4 members (excludes halogenated alkanes) is 17. The first-order chi connectivity index (χ1) is 27.1. The van der Waals surface area contributed by atoms with Gasteiger partial charge in [0.25, 0.3) is 0 Å². The molecule has 1 unspecified atom stereocenters. The highest BCUT2D eigenvalue weighted by Gasteiger charge is 2.57. The van der Waals surface area contributed by atoms with Crippen molar-refractivity contribution in [2.24, 2.45) is 0 Å². The fraction of sp³-hybridized carbons (Fsp3) is 0.675. The molecule has 0 radical (unpaired) electrons.